The van der Waals surface area contributed by atoms with E-state index < -0.39 is 5.60 Å². The molecule has 1 aromatic heterocycles. The Morgan fingerprint density at radius 2 is 2.36 bits per heavy atom. The number of nitrogens with one attached hydrogen (secondary N) is 2. The topological polar surface area (TPSA) is 79.2 Å². The summed E-state index contributed by atoms with van der Waals surface area (Å²) in [5.74, 6) is -0.164. The molecular weight excluding hydrogens is 280 g/mol. The van der Waals surface area contributed by atoms with Crippen LogP contribution in [0.5, 0.6) is 0 Å². The molecule has 22 heavy (non-hydrogen) atoms. The van der Waals surface area contributed by atoms with Gasteiger partial charge in [-0.1, -0.05) is 12.1 Å². The fraction of sp³-hybridized carbons (Fsp3) is 0.375. The summed E-state index contributed by atoms with van der Waals surface area (Å²) >= 11 is 0. The summed E-state index contributed by atoms with van der Waals surface area (Å²) in [6.45, 7) is 2.20. The molecule has 3 rings (SSSR count). The lowest BCUT2D eigenvalue weighted by Crippen LogP contribution is -2.44. The third kappa shape index (κ3) is 3.52. The molecule has 6 heteroatoms. The van der Waals surface area contributed by atoms with Crippen LogP contribution in [0.25, 0.3) is 0 Å². The minimum Gasteiger partial charge on any atom is -0.387 e. The van der Waals surface area contributed by atoms with E-state index in [1.807, 2.05) is 35.1 Å². The van der Waals surface area contributed by atoms with Gasteiger partial charge in [-0.15, -0.1) is 0 Å². The minimum atomic E-state index is -0.831. The third-order valence-corrected chi connectivity index (χ3v) is 3.89. The van der Waals surface area contributed by atoms with Crippen LogP contribution >= 0.6 is 0 Å². The molecule has 0 aliphatic carbocycles. The largest absolute Gasteiger partial charge is 0.387 e. The first-order valence-electron chi connectivity index (χ1n) is 7.42. The number of carbonyl (C=O) groups excluding carboxylic acids is 1. The number of rotatable bonds is 5. The molecule has 3 N–H and O–H groups in total. The second kappa shape index (κ2) is 6.29. The third-order valence-electron chi connectivity index (χ3n) is 3.89. The lowest BCUT2D eigenvalue weighted by atomic mass is 10.0. The van der Waals surface area contributed by atoms with Crippen LogP contribution in [0, 0.1) is 0 Å². The maximum absolute atomic E-state index is 12.2. The summed E-state index contributed by atoms with van der Waals surface area (Å²) in [6, 6.07) is 9.33. The first kappa shape index (κ1) is 14.7. The molecule has 1 aromatic carbocycles. The lowest BCUT2D eigenvalue weighted by molar-refractivity contribution is 0.0562. The Hall–Kier alpha value is -2.18. The SMILES string of the molecule is O=C(NC[C@]1(O)CCNC1)c1cccc(Cn2cccn2)c1. The highest BCUT2D eigenvalue weighted by Gasteiger charge is 2.31. The van der Waals surface area contributed by atoms with E-state index in [1.54, 1.807) is 12.3 Å². The van der Waals surface area contributed by atoms with Crippen molar-refractivity contribution in [2.45, 2.75) is 18.6 Å². The van der Waals surface area contributed by atoms with E-state index in [0.717, 1.165) is 12.1 Å². The van der Waals surface area contributed by atoms with Crippen molar-refractivity contribution in [3.63, 3.8) is 0 Å². The van der Waals surface area contributed by atoms with Gasteiger partial charge in [0.2, 0.25) is 0 Å². The molecule has 0 bridgehead atoms. The van der Waals surface area contributed by atoms with Crippen molar-refractivity contribution in [2.75, 3.05) is 19.6 Å². The van der Waals surface area contributed by atoms with Crippen LogP contribution in [0.1, 0.15) is 22.3 Å². The Bertz CT molecular complexity index is 633. The average molecular weight is 300 g/mol. The van der Waals surface area contributed by atoms with E-state index in [-0.39, 0.29) is 12.5 Å². The number of benzene rings is 1. The number of hydrogen-bond acceptors (Lipinski definition) is 4. The Balaban J connectivity index is 1.62. The zero-order valence-corrected chi connectivity index (χ0v) is 12.3. The average Bonchev–Trinajstić information content (AvgIpc) is 3.17. The summed E-state index contributed by atoms with van der Waals surface area (Å²) in [5, 5.41) is 20.3. The van der Waals surface area contributed by atoms with Crippen LogP contribution < -0.4 is 10.6 Å². The Kier molecular flexibility index (Phi) is 4.22. The number of nitrogens with zero attached hydrogens (tertiary/aromatic N) is 2. The molecule has 1 amide bonds. The van der Waals surface area contributed by atoms with Gasteiger partial charge in [-0.05, 0) is 36.7 Å². The molecule has 2 heterocycles. The molecule has 1 aliphatic rings. The molecule has 116 valence electrons. The number of aliphatic hydroxyl groups is 1. The fourth-order valence-corrected chi connectivity index (χ4v) is 2.62. The van der Waals surface area contributed by atoms with E-state index in [0.29, 0.717) is 25.1 Å². The first-order valence-corrected chi connectivity index (χ1v) is 7.42. The summed E-state index contributed by atoms with van der Waals surface area (Å²) in [7, 11) is 0. The maximum Gasteiger partial charge on any atom is 0.251 e. The second-order valence-electron chi connectivity index (χ2n) is 5.74. The van der Waals surface area contributed by atoms with Gasteiger partial charge in [-0.2, -0.15) is 5.10 Å². The van der Waals surface area contributed by atoms with Crippen molar-refractivity contribution in [3.8, 4) is 0 Å². The van der Waals surface area contributed by atoms with Crippen LogP contribution in [-0.2, 0) is 6.54 Å². The zero-order chi connectivity index (χ0) is 15.4. The summed E-state index contributed by atoms with van der Waals surface area (Å²) in [5.41, 5.74) is 0.777. The molecule has 1 saturated heterocycles. The molecule has 6 nitrogen and oxygen atoms in total. The number of carbonyl (C=O) groups is 1. The van der Waals surface area contributed by atoms with Gasteiger partial charge in [0.05, 0.1) is 12.1 Å². The predicted molar refractivity (Wildman–Crippen MR) is 82.5 cm³/mol. The molecule has 0 saturated carbocycles. The maximum atomic E-state index is 12.2. The van der Waals surface area contributed by atoms with Crippen LogP contribution in [0.3, 0.4) is 0 Å². The zero-order valence-electron chi connectivity index (χ0n) is 12.3. The fourth-order valence-electron chi connectivity index (χ4n) is 2.62. The van der Waals surface area contributed by atoms with E-state index >= 15 is 0 Å². The van der Waals surface area contributed by atoms with Crippen LogP contribution in [-0.4, -0.2) is 46.0 Å². The van der Waals surface area contributed by atoms with Crippen molar-refractivity contribution in [1.82, 2.24) is 20.4 Å². The highest BCUT2D eigenvalue weighted by atomic mass is 16.3. The second-order valence-corrected chi connectivity index (χ2v) is 5.74. The summed E-state index contributed by atoms with van der Waals surface area (Å²) < 4.78 is 1.81. The van der Waals surface area contributed by atoms with Gasteiger partial charge in [0.1, 0.15) is 0 Å². The van der Waals surface area contributed by atoms with Crippen LogP contribution in [0.2, 0.25) is 0 Å². The molecule has 0 unspecified atom stereocenters. The van der Waals surface area contributed by atoms with Crippen LogP contribution in [0.4, 0.5) is 0 Å². The minimum absolute atomic E-state index is 0.164. The van der Waals surface area contributed by atoms with Crippen molar-refractivity contribution in [1.29, 1.82) is 0 Å². The smallest absolute Gasteiger partial charge is 0.251 e. The quantitative estimate of drug-likeness (QED) is 0.746. The molecular formula is C16H20N4O2. The molecule has 1 atom stereocenters. The summed E-state index contributed by atoms with van der Waals surface area (Å²) in [6.07, 6.45) is 4.27. The van der Waals surface area contributed by atoms with Gasteiger partial charge < -0.3 is 15.7 Å². The molecule has 0 radical (unpaired) electrons. The van der Waals surface area contributed by atoms with E-state index in [2.05, 4.69) is 15.7 Å². The van der Waals surface area contributed by atoms with E-state index in [1.165, 1.54) is 0 Å². The van der Waals surface area contributed by atoms with Gasteiger partial charge in [0.25, 0.3) is 5.91 Å². The molecule has 0 spiro atoms. The standard InChI is InChI=1S/C16H20N4O2/c21-15(18-12-16(22)5-7-17-11-16)14-4-1-3-13(9-14)10-20-8-2-6-19-20/h1-4,6,8-9,17,22H,5,7,10-12H2,(H,18,21)/t16-/m0/s1. The van der Waals surface area contributed by atoms with Crippen molar-refractivity contribution in [2.24, 2.45) is 0 Å². The highest BCUT2D eigenvalue weighted by Crippen LogP contribution is 2.13. The van der Waals surface area contributed by atoms with Gasteiger partial charge in [0, 0.05) is 31.0 Å². The first-order chi connectivity index (χ1) is 10.6. The monoisotopic (exact) mass is 300 g/mol. The molecule has 2 aromatic rings. The van der Waals surface area contributed by atoms with Gasteiger partial charge in [-0.25, -0.2) is 0 Å². The Morgan fingerprint density at radius 1 is 1.45 bits per heavy atom. The number of amides is 1. The molecule has 1 aliphatic heterocycles. The number of β-amino-alcohol motifs (C(OH)–C–C–N with tert-alkyl or cyclic N) is 1. The summed E-state index contributed by atoms with van der Waals surface area (Å²) in [4.78, 5) is 12.2. The normalized spacial score (nSPS) is 21.0. The van der Waals surface area contributed by atoms with Crippen molar-refractivity contribution < 1.29 is 9.90 Å². The van der Waals surface area contributed by atoms with E-state index in [9.17, 15) is 9.90 Å². The van der Waals surface area contributed by atoms with Crippen LogP contribution in [0.15, 0.2) is 42.7 Å². The van der Waals surface area contributed by atoms with E-state index in [4.69, 9.17) is 0 Å². The number of aromatic nitrogens is 2. The molecule has 1 fully saturated rings. The van der Waals surface area contributed by atoms with Gasteiger partial charge >= 0.3 is 0 Å². The van der Waals surface area contributed by atoms with Gasteiger partial charge in [-0.3, -0.25) is 9.48 Å². The predicted octanol–water partition coefficient (Wildman–Crippen LogP) is 0.386. The van der Waals surface area contributed by atoms with Gasteiger partial charge in [0.15, 0.2) is 0 Å². The Labute approximate surface area is 129 Å². The lowest BCUT2D eigenvalue weighted by Gasteiger charge is -2.21. The number of hydrogen-bond donors (Lipinski definition) is 3. The van der Waals surface area contributed by atoms with Crippen molar-refractivity contribution in [3.05, 3.63) is 53.9 Å². The van der Waals surface area contributed by atoms with Crippen molar-refractivity contribution >= 4 is 5.91 Å². The highest BCUT2D eigenvalue weighted by molar-refractivity contribution is 5.94. The Morgan fingerprint density at radius 3 is 3.09 bits per heavy atom.